The topological polar surface area (TPSA) is 43.8 Å². The fourth-order valence-corrected chi connectivity index (χ4v) is 3.36. The van der Waals surface area contributed by atoms with E-state index in [1.807, 2.05) is 17.9 Å². The zero-order valence-electron chi connectivity index (χ0n) is 12.9. The fourth-order valence-electron chi connectivity index (χ4n) is 3.36. The van der Waals surface area contributed by atoms with Crippen LogP contribution in [0.1, 0.15) is 52.0 Å². The molecule has 0 bridgehead atoms. The summed E-state index contributed by atoms with van der Waals surface area (Å²) >= 11 is 0. The molecule has 0 aromatic carbocycles. The molecule has 3 atom stereocenters. The van der Waals surface area contributed by atoms with E-state index in [1.165, 1.54) is 31.2 Å². The van der Waals surface area contributed by atoms with Crippen LogP contribution >= 0.6 is 0 Å². The Kier molecular flexibility index (Phi) is 4.34. The van der Waals surface area contributed by atoms with Crippen LogP contribution in [0.25, 0.3) is 0 Å². The normalized spacial score (nSPS) is 28.6. The molecule has 1 aromatic rings. The lowest BCUT2D eigenvalue weighted by Gasteiger charge is -2.40. The molecule has 2 rings (SSSR count). The number of rotatable bonds is 3. The third-order valence-electron chi connectivity index (χ3n) is 4.83. The third-order valence-corrected chi connectivity index (χ3v) is 4.83. The molecule has 3 heteroatoms. The highest BCUT2D eigenvalue weighted by molar-refractivity contribution is 5.04. The van der Waals surface area contributed by atoms with Crippen molar-refractivity contribution in [3.8, 4) is 0 Å². The highest BCUT2D eigenvalue weighted by Crippen LogP contribution is 2.41. The van der Waals surface area contributed by atoms with Gasteiger partial charge in [-0.05, 0) is 54.9 Å². The summed E-state index contributed by atoms with van der Waals surface area (Å²) in [4.78, 5) is 0. The third kappa shape index (κ3) is 3.82. The first kappa shape index (κ1) is 14.6. The standard InChI is InChI=1S/C16H29N3/c1-16(2,3)14-7-8-15(17)13(9-14)6-5-12-10-18-19(4)11-12/h10-11,13-15H,5-9,17H2,1-4H3. The van der Waals surface area contributed by atoms with Gasteiger partial charge >= 0.3 is 0 Å². The molecule has 1 aromatic heterocycles. The molecule has 108 valence electrons. The van der Waals surface area contributed by atoms with Gasteiger partial charge in [-0.1, -0.05) is 20.8 Å². The van der Waals surface area contributed by atoms with E-state index < -0.39 is 0 Å². The molecule has 0 radical (unpaired) electrons. The predicted molar refractivity (Wildman–Crippen MR) is 79.8 cm³/mol. The van der Waals surface area contributed by atoms with Gasteiger partial charge in [0.15, 0.2) is 0 Å². The fraction of sp³-hybridized carbons (Fsp3) is 0.812. The summed E-state index contributed by atoms with van der Waals surface area (Å²) in [6.07, 6.45) is 10.2. The molecule has 19 heavy (non-hydrogen) atoms. The predicted octanol–water partition coefficient (Wildman–Crippen LogP) is 3.14. The molecule has 1 fully saturated rings. The van der Waals surface area contributed by atoms with Crippen molar-refractivity contribution < 1.29 is 0 Å². The monoisotopic (exact) mass is 263 g/mol. The molecule has 3 unspecified atom stereocenters. The van der Waals surface area contributed by atoms with Gasteiger partial charge in [-0.3, -0.25) is 4.68 Å². The number of hydrogen-bond donors (Lipinski definition) is 1. The van der Waals surface area contributed by atoms with Crippen LogP contribution in [0.4, 0.5) is 0 Å². The number of hydrogen-bond acceptors (Lipinski definition) is 2. The second-order valence-electron chi connectivity index (χ2n) is 7.36. The van der Waals surface area contributed by atoms with Crippen LogP contribution in [0.5, 0.6) is 0 Å². The molecule has 0 saturated heterocycles. The molecule has 2 N–H and O–H groups in total. The van der Waals surface area contributed by atoms with Gasteiger partial charge in [0.1, 0.15) is 0 Å². The molecule has 1 heterocycles. The van der Waals surface area contributed by atoms with E-state index in [1.54, 1.807) is 0 Å². The Hall–Kier alpha value is -0.830. The molecular weight excluding hydrogens is 234 g/mol. The summed E-state index contributed by atoms with van der Waals surface area (Å²) < 4.78 is 1.88. The van der Waals surface area contributed by atoms with E-state index in [0.29, 0.717) is 17.4 Å². The summed E-state index contributed by atoms with van der Waals surface area (Å²) in [6, 6.07) is 0.398. The first-order valence-corrected chi connectivity index (χ1v) is 7.59. The molecule has 0 amide bonds. The zero-order chi connectivity index (χ0) is 14.0. The van der Waals surface area contributed by atoms with Gasteiger partial charge in [-0.25, -0.2) is 0 Å². The average molecular weight is 263 g/mol. The number of aryl methyl sites for hydroxylation is 2. The highest BCUT2D eigenvalue weighted by atomic mass is 15.2. The second kappa shape index (κ2) is 5.66. The minimum Gasteiger partial charge on any atom is -0.327 e. The molecule has 1 saturated carbocycles. The van der Waals surface area contributed by atoms with Gasteiger partial charge in [0.2, 0.25) is 0 Å². The summed E-state index contributed by atoms with van der Waals surface area (Å²) in [6.45, 7) is 7.10. The van der Waals surface area contributed by atoms with E-state index >= 15 is 0 Å². The van der Waals surface area contributed by atoms with Crippen LogP contribution in [-0.4, -0.2) is 15.8 Å². The van der Waals surface area contributed by atoms with Crippen LogP contribution in [0, 0.1) is 17.3 Å². The minimum absolute atomic E-state index is 0.398. The first-order chi connectivity index (χ1) is 8.86. The van der Waals surface area contributed by atoms with Gasteiger partial charge in [0.05, 0.1) is 6.20 Å². The summed E-state index contributed by atoms with van der Waals surface area (Å²) in [5.74, 6) is 1.50. The maximum Gasteiger partial charge on any atom is 0.0521 e. The quantitative estimate of drug-likeness (QED) is 0.910. The number of nitrogens with zero attached hydrogens (tertiary/aromatic N) is 2. The Morgan fingerprint density at radius 1 is 1.37 bits per heavy atom. The smallest absolute Gasteiger partial charge is 0.0521 e. The Morgan fingerprint density at radius 3 is 2.68 bits per heavy atom. The van der Waals surface area contributed by atoms with Crippen LogP contribution < -0.4 is 5.73 Å². The van der Waals surface area contributed by atoms with E-state index in [2.05, 4.69) is 32.1 Å². The van der Waals surface area contributed by atoms with Gasteiger partial charge in [0, 0.05) is 19.3 Å². The Bertz CT molecular complexity index is 402. The van der Waals surface area contributed by atoms with E-state index in [-0.39, 0.29) is 0 Å². The van der Waals surface area contributed by atoms with Crippen molar-refractivity contribution in [2.45, 2.75) is 58.9 Å². The largest absolute Gasteiger partial charge is 0.327 e. The Labute approximate surface area is 117 Å². The minimum atomic E-state index is 0.398. The van der Waals surface area contributed by atoms with Gasteiger partial charge in [0.25, 0.3) is 0 Å². The van der Waals surface area contributed by atoms with Crippen molar-refractivity contribution in [3.63, 3.8) is 0 Å². The van der Waals surface area contributed by atoms with Crippen molar-refractivity contribution in [1.29, 1.82) is 0 Å². The van der Waals surface area contributed by atoms with Crippen LogP contribution in [-0.2, 0) is 13.5 Å². The second-order valence-corrected chi connectivity index (χ2v) is 7.36. The number of aromatic nitrogens is 2. The van der Waals surface area contributed by atoms with Gasteiger partial charge in [-0.2, -0.15) is 5.10 Å². The van der Waals surface area contributed by atoms with E-state index in [0.717, 1.165) is 12.3 Å². The van der Waals surface area contributed by atoms with E-state index in [4.69, 9.17) is 5.73 Å². The molecule has 0 aliphatic heterocycles. The van der Waals surface area contributed by atoms with Crippen molar-refractivity contribution >= 4 is 0 Å². The lowest BCUT2D eigenvalue weighted by Crippen LogP contribution is -2.39. The summed E-state index contributed by atoms with van der Waals surface area (Å²) in [7, 11) is 1.98. The molecule has 1 aliphatic carbocycles. The lowest BCUT2D eigenvalue weighted by molar-refractivity contribution is 0.122. The molecule has 0 spiro atoms. The molecule has 1 aliphatic rings. The summed E-state index contributed by atoms with van der Waals surface area (Å²) in [5, 5.41) is 4.24. The maximum atomic E-state index is 6.33. The van der Waals surface area contributed by atoms with E-state index in [9.17, 15) is 0 Å². The summed E-state index contributed by atoms with van der Waals surface area (Å²) in [5.41, 5.74) is 8.10. The van der Waals surface area contributed by atoms with Crippen molar-refractivity contribution in [1.82, 2.24) is 9.78 Å². The van der Waals surface area contributed by atoms with Crippen LogP contribution in [0.15, 0.2) is 12.4 Å². The lowest BCUT2D eigenvalue weighted by atomic mass is 9.67. The first-order valence-electron chi connectivity index (χ1n) is 7.59. The van der Waals surface area contributed by atoms with Crippen LogP contribution in [0.2, 0.25) is 0 Å². The SMILES string of the molecule is Cn1cc(CCC2CC(C(C)(C)C)CCC2N)cn1. The van der Waals surface area contributed by atoms with Crippen molar-refractivity contribution in [2.75, 3.05) is 0 Å². The van der Waals surface area contributed by atoms with Gasteiger partial charge < -0.3 is 5.73 Å². The number of nitrogens with two attached hydrogens (primary N) is 1. The zero-order valence-corrected chi connectivity index (χ0v) is 12.9. The molecule has 3 nitrogen and oxygen atoms in total. The average Bonchev–Trinajstić information content (AvgIpc) is 2.72. The highest BCUT2D eigenvalue weighted by Gasteiger charge is 2.34. The van der Waals surface area contributed by atoms with Crippen molar-refractivity contribution in [3.05, 3.63) is 18.0 Å². The van der Waals surface area contributed by atoms with Crippen LogP contribution in [0.3, 0.4) is 0 Å². The Morgan fingerprint density at radius 2 is 2.11 bits per heavy atom. The maximum absolute atomic E-state index is 6.33. The van der Waals surface area contributed by atoms with Gasteiger partial charge in [-0.15, -0.1) is 0 Å². The molecular formula is C16H29N3. The Balaban J connectivity index is 1.90. The van der Waals surface area contributed by atoms with Crippen molar-refractivity contribution in [2.24, 2.45) is 30.0 Å².